The van der Waals surface area contributed by atoms with E-state index in [0.717, 1.165) is 37.2 Å². The van der Waals surface area contributed by atoms with Gasteiger partial charge in [-0.2, -0.15) is 9.94 Å². The summed E-state index contributed by atoms with van der Waals surface area (Å²) in [5, 5.41) is 20.1. The summed E-state index contributed by atoms with van der Waals surface area (Å²) in [4.78, 5) is 21.3. The van der Waals surface area contributed by atoms with E-state index in [-0.39, 0.29) is 5.91 Å². The minimum absolute atomic E-state index is 0.110. The van der Waals surface area contributed by atoms with Gasteiger partial charge in [-0.15, -0.1) is 5.10 Å². The summed E-state index contributed by atoms with van der Waals surface area (Å²) in [6, 6.07) is 11.5. The number of ether oxygens (including phenoxy) is 1. The second-order valence-electron chi connectivity index (χ2n) is 7.57. The summed E-state index contributed by atoms with van der Waals surface area (Å²) in [6.45, 7) is 4.02. The molecule has 0 aliphatic carbocycles. The largest absolute Gasteiger partial charge is 0.495 e. The monoisotopic (exact) mass is 432 g/mol. The molecule has 0 saturated carbocycles. The Morgan fingerprint density at radius 1 is 1.16 bits per heavy atom. The third-order valence-electron chi connectivity index (χ3n) is 5.58. The molecule has 0 unspecified atom stereocenters. The zero-order valence-electron chi connectivity index (χ0n) is 17.9. The highest BCUT2D eigenvalue weighted by Crippen LogP contribution is 2.20. The van der Waals surface area contributed by atoms with Gasteiger partial charge in [0.05, 0.1) is 19.1 Å². The van der Waals surface area contributed by atoms with Crippen molar-refractivity contribution in [2.75, 3.05) is 39.8 Å². The molecule has 3 aromatic rings. The number of tetrazole rings is 1. The van der Waals surface area contributed by atoms with Crippen molar-refractivity contribution in [2.45, 2.75) is 12.8 Å². The van der Waals surface area contributed by atoms with E-state index in [9.17, 15) is 4.79 Å². The molecule has 4 rings (SSSR count). The van der Waals surface area contributed by atoms with Crippen molar-refractivity contribution in [2.24, 2.45) is 0 Å². The molecule has 3 heterocycles. The number of hydrogen-bond acceptors (Lipinski definition) is 8. The molecule has 1 amide bonds. The summed E-state index contributed by atoms with van der Waals surface area (Å²) >= 11 is 0. The first kappa shape index (κ1) is 21.4. The Balaban J connectivity index is 1.24. The van der Waals surface area contributed by atoms with Crippen molar-refractivity contribution < 1.29 is 9.53 Å². The average Bonchev–Trinajstić information content (AvgIpc) is 3.38. The number of aromatic nitrogens is 5. The average molecular weight is 432 g/mol. The van der Waals surface area contributed by atoms with Crippen molar-refractivity contribution in [3.05, 3.63) is 59.5 Å². The molecule has 0 atom stereocenters. The number of nitriles is 1. The molecule has 0 radical (unpaired) electrons. The summed E-state index contributed by atoms with van der Waals surface area (Å²) in [5.41, 5.74) is 2.55. The Kier molecular flexibility index (Phi) is 6.67. The zero-order valence-corrected chi connectivity index (χ0v) is 17.9. The fraction of sp³-hybridized carbons (Fsp3) is 0.364. The highest BCUT2D eigenvalue weighted by Gasteiger charge is 2.21. The smallest absolute Gasteiger partial charge is 0.227 e. The van der Waals surface area contributed by atoms with Gasteiger partial charge in [0.1, 0.15) is 18.1 Å². The van der Waals surface area contributed by atoms with Crippen LogP contribution in [-0.4, -0.2) is 80.7 Å². The normalized spacial score (nSPS) is 14.2. The van der Waals surface area contributed by atoms with Crippen LogP contribution < -0.4 is 4.74 Å². The Morgan fingerprint density at radius 3 is 2.62 bits per heavy atom. The van der Waals surface area contributed by atoms with Crippen LogP contribution in [0.25, 0.3) is 5.82 Å². The van der Waals surface area contributed by atoms with Crippen LogP contribution in [-0.2, 0) is 17.6 Å². The first-order valence-electron chi connectivity index (χ1n) is 10.4. The lowest BCUT2D eigenvalue weighted by atomic mass is 10.1. The number of hydrogen-bond donors (Lipinski definition) is 0. The first-order chi connectivity index (χ1) is 15.7. The highest BCUT2D eigenvalue weighted by molar-refractivity contribution is 5.78. The number of pyridine rings is 1. The van der Waals surface area contributed by atoms with Crippen molar-refractivity contribution >= 4 is 5.91 Å². The van der Waals surface area contributed by atoms with Gasteiger partial charge in [-0.25, -0.2) is 4.98 Å². The Morgan fingerprint density at radius 2 is 1.97 bits per heavy atom. The topological polar surface area (TPSA) is 113 Å². The molecule has 164 valence electrons. The molecular weight excluding hydrogens is 408 g/mol. The van der Waals surface area contributed by atoms with Gasteiger partial charge in [0.15, 0.2) is 5.82 Å². The van der Waals surface area contributed by atoms with Crippen molar-refractivity contribution in [3.63, 3.8) is 0 Å². The highest BCUT2D eigenvalue weighted by atomic mass is 16.5. The van der Waals surface area contributed by atoms with Gasteiger partial charge in [-0.3, -0.25) is 9.69 Å². The van der Waals surface area contributed by atoms with Crippen molar-refractivity contribution in [3.8, 4) is 17.6 Å². The summed E-state index contributed by atoms with van der Waals surface area (Å²) in [7, 11) is 1.58. The maximum atomic E-state index is 12.7. The number of carbonyl (C=O) groups excluding carboxylic acids is 1. The molecule has 2 aromatic heterocycles. The summed E-state index contributed by atoms with van der Waals surface area (Å²) in [6.07, 6.45) is 4.37. The molecule has 0 spiro atoms. The zero-order chi connectivity index (χ0) is 22.3. The standard InChI is InChI=1S/C22H24N8O2/c1-32-20-12-17(2-4-19(20)14-23)6-7-28-8-10-29(11-9-28)22(31)13-18-3-5-21(24-15-18)30-16-25-26-27-30/h2-5,12,15-16H,6-11,13H2,1H3. The van der Waals surface area contributed by atoms with Crippen LogP contribution in [0.1, 0.15) is 16.7 Å². The maximum absolute atomic E-state index is 12.7. The quantitative estimate of drug-likeness (QED) is 0.540. The molecule has 0 bridgehead atoms. The number of carbonyl (C=O) groups is 1. The van der Waals surface area contributed by atoms with E-state index in [2.05, 4.69) is 31.5 Å². The molecular formula is C22H24N8O2. The number of piperazine rings is 1. The van der Waals surface area contributed by atoms with Gasteiger partial charge in [0.2, 0.25) is 5.91 Å². The summed E-state index contributed by atoms with van der Waals surface area (Å²) < 4.78 is 6.76. The van der Waals surface area contributed by atoms with E-state index in [1.54, 1.807) is 25.4 Å². The van der Waals surface area contributed by atoms with E-state index in [1.165, 1.54) is 11.0 Å². The summed E-state index contributed by atoms with van der Waals surface area (Å²) in [5.74, 6) is 1.33. The van der Waals surface area contributed by atoms with Crippen molar-refractivity contribution in [1.82, 2.24) is 35.0 Å². The number of methoxy groups -OCH3 is 1. The lowest BCUT2D eigenvalue weighted by Gasteiger charge is -2.34. The second kappa shape index (κ2) is 9.98. The first-order valence-corrected chi connectivity index (χ1v) is 10.4. The lowest BCUT2D eigenvalue weighted by Crippen LogP contribution is -2.49. The van der Waals surface area contributed by atoms with E-state index in [0.29, 0.717) is 36.6 Å². The lowest BCUT2D eigenvalue weighted by molar-refractivity contribution is -0.132. The Bertz CT molecular complexity index is 1080. The van der Waals surface area contributed by atoms with Gasteiger partial charge >= 0.3 is 0 Å². The van der Waals surface area contributed by atoms with Gasteiger partial charge < -0.3 is 9.64 Å². The van der Waals surface area contributed by atoms with E-state index in [4.69, 9.17) is 10.00 Å². The molecule has 1 fully saturated rings. The van der Waals surface area contributed by atoms with Crippen LogP contribution in [0.3, 0.4) is 0 Å². The third-order valence-corrected chi connectivity index (χ3v) is 5.58. The van der Waals surface area contributed by atoms with Gasteiger partial charge in [0, 0.05) is 38.9 Å². The van der Waals surface area contributed by atoms with Crippen LogP contribution in [0.4, 0.5) is 0 Å². The number of nitrogens with zero attached hydrogens (tertiary/aromatic N) is 8. The van der Waals surface area contributed by atoms with E-state index >= 15 is 0 Å². The predicted octanol–water partition coefficient (Wildman–Crippen LogP) is 0.867. The van der Waals surface area contributed by atoms with E-state index < -0.39 is 0 Å². The Hall–Kier alpha value is -3.84. The molecule has 1 saturated heterocycles. The van der Waals surface area contributed by atoms with Crippen LogP contribution in [0.15, 0.2) is 42.9 Å². The van der Waals surface area contributed by atoms with Crippen LogP contribution >= 0.6 is 0 Å². The molecule has 0 N–H and O–H groups in total. The van der Waals surface area contributed by atoms with Crippen LogP contribution in [0, 0.1) is 11.3 Å². The molecule has 32 heavy (non-hydrogen) atoms. The predicted molar refractivity (Wildman–Crippen MR) is 115 cm³/mol. The number of benzene rings is 1. The molecule has 1 aliphatic rings. The molecule has 1 aromatic carbocycles. The van der Waals surface area contributed by atoms with Gasteiger partial charge in [0.25, 0.3) is 0 Å². The van der Waals surface area contributed by atoms with E-state index in [1.807, 2.05) is 23.1 Å². The second-order valence-corrected chi connectivity index (χ2v) is 7.57. The fourth-order valence-electron chi connectivity index (χ4n) is 3.70. The maximum Gasteiger partial charge on any atom is 0.227 e. The van der Waals surface area contributed by atoms with Crippen LogP contribution in [0.2, 0.25) is 0 Å². The molecule has 10 nitrogen and oxygen atoms in total. The number of amides is 1. The fourth-order valence-corrected chi connectivity index (χ4v) is 3.70. The Labute approximate surface area is 186 Å². The third kappa shape index (κ3) is 5.07. The molecule has 1 aliphatic heterocycles. The van der Waals surface area contributed by atoms with Crippen molar-refractivity contribution in [1.29, 1.82) is 5.26 Å². The minimum atomic E-state index is 0.110. The SMILES string of the molecule is COc1cc(CCN2CCN(C(=O)Cc3ccc(-n4cnnn4)nc3)CC2)ccc1C#N. The molecule has 10 heteroatoms. The minimum Gasteiger partial charge on any atom is -0.495 e. The van der Waals surface area contributed by atoms with Gasteiger partial charge in [-0.1, -0.05) is 12.1 Å². The van der Waals surface area contributed by atoms with Crippen LogP contribution in [0.5, 0.6) is 5.75 Å². The number of rotatable bonds is 7. The van der Waals surface area contributed by atoms with Gasteiger partial charge in [-0.05, 0) is 46.2 Å².